The number of hydrogen-bond donors (Lipinski definition) is 1. The smallest absolute Gasteiger partial charge is 0.324 e. The molecule has 4 nitrogen and oxygen atoms in total. The molecule has 0 aromatic carbocycles. The third-order valence-electron chi connectivity index (χ3n) is 1.83. The fourth-order valence-corrected chi connectivity index (χ4v) is 1.87. The van der Waals surface area contributed by atoms with Crippen LogP contribution in [-0.2, 0) is 0 Å². The molecule has 1 aromatic heterocycles. The van der Waals surface area contributed by atoms with E-state index in [1.807, 2.05) is 5.38 Å². The van der Waals surface area contributed by atoms with Crippen molar-refractivity contribution in [3.63, 3.8) is 0 Å². The first-order chi connectivity index (χ1) is 6.29. The van der Waals surface area contributed by atoms with Crippen molar-refractivity contribution in [3.8, 4) is 0 Å². The highest BCUT2D eigenvalue weighted by atomic mass is 32.1. The van der Waals surface area contributed by atoms with Gasteiger partial charge in [0.15, 0.2) is 0 Å². The molecule has 0 saturated carbocycles. The molecule has 1 N–H and O–H groups in total. The van der Waals surface area contributed by atoms with Gasteiger partial charge in [0.05, 0.1) is 4.88 Å². The van der Waals surface area contributed by atoms with Crippen molar-refractivity contribution < 1.29 is 9.59 Å². The number of carbonyl (C=O) groups is 2. The fourth-order valence-electron chi connectivity index (χ4n) is 1.20. The number of thiophene rings is 1. The van der Waals surface area contributed by atoms with E-state index in [-0.39, 0.29) is 11.9 Å². The van der Waals surface area contributed by atoms with E-state index in [0.717, 1.165) is 0 Å². The minimum absolute atomic E-state index is 0.204. The zero-order chi connectivity index (χ0) is 9.26. The van der Waals surface area contributed by atoms with Crippen LogP contribution >= 0.6 is 11.3 Å². The number of rotatable bonds is 1. The zero-order valence-electron chi connectivity index (χ0n) is 6.82. The van der Waals surface area contributed by atoms with Crippen molar-refractivity contribution in [2.75, 3.05) is 13.1 Å². The Morgan fingerprint density at radius 1 is 1.62 bits per heavy atom. The Labute approximate surface area is 79.2 Å². The van der Waals surface area contributed by atoms with E-state index < -0.39 is 0 Å². The molecule has 3 amide bonds. The Bertz CT molecular complexity index is 334. The summed E-state index contributed by atoms with van der Waals surface area (Å²) in [7, 11) is 0. The SMILES string of the molecule is O=C1NCCN1C(=O)c1cccs1. The molecule has 13 heavy (non-hydrogen) atoms. The summed E-state index contributed by atoms with van der Waals surface area (Å²) in [5, 5.41) is 4.40. The van der Waals surface area contributed by atoms with Gasteiger partial charge >= 0.3 is 6.03 Å². The largest absolute Gasteiger partial charge is 0.336 e. The Morgan fingerprint density at radius 3 is 3.00 bits per heavy atom. The van der Waals surface area contributed by atoms with Gasteiger partial charge in [0.25, 0.3) is 5.91 Å². The van der Waals surface area contributed by atoms with Crippen molar-refractivity contribution in [2.45, 2.75) is 0 Å². The van der Waals surface area contributed by atoms with Gasteiger partial charge in [-0.1, -0.05) is 6.07 Å². The van der Waals surface area contributed by atoms with Crippen molar-refractivity contribution >= 4 is 23.3 Å². The van der Waals surface area contributed by atoms with Crippen LogP contribution in [0.15, 0.2) is 17.5 Å². The van der Waals surface area contributed by atoms with E-state index in [9.17, 15) is 9.59 Å². The second-order valence-electron chi connectivity index (χ2n) is 2.67. The van der Waals surface area contributed by atoms with Gasteiger partial charge in [0.1, 0.15) is 0 Å². The highest BCUT2D eigenvalue weighted by Gasteiger charge is 2.27. The summed E-state index contributed by atoms with van der Waals surface area (Å²) in [6.45, 7) is 1.02. The van der Waals surface area contributed by atoms with Crippen molar-refractivity contribution in [2.24, 2.45) is 0 Å². The fraction of sp³-hybridized carbons (Fsp3) is 0.250. The van der Waals surface area contributed by atoms with E-state index in [1.165, 1.54) is 16.2 Å². The molecule has 2 heterocycles. The number of hydrogen-bond acceptors (Lipinski definition) is 3. The minimum Gasteiger partial charge on any atom is -0.336 e. The lowest BCUT2D eigenvalue weighted by atomic mass is 10.4. The average molecular weight is 196 g/mol. The maximum atomic E-state index is 11.6. The topological polar surface area (TPSA) is 49.4 Å². The summed E-state index contributed by atoms with van der Waals surface area (Å²) in [5.41, 5.74) is 0. The standard InChI is InChI=1S/C8H8N2O2S/c11-7(6-2-1-5-13-6)10-4-3-9-8(10)12/h1-2,5H,3-4H2,(H,9,12). The molecule has 0 atom stereocenters. The third kappa shape index (κ3) is 1.42. The summed E-state index contributed by atoms with van der Waals surface area (Å²) < 4.78 is 0. The highest BCUT2D eigenvalue weighted by molar-refractivity contribution is 7.12. The first kappa shape index (κ1) is 8.25. The molecule has 0 unspecified atom stereocenters. The number of nitrogens with zero attached hydrogens (tertiary/aromatic N) is 1. The molecule has 5 heteroatoms. The monoisotopic (exact) mass is 196 g/mol. The van der Waals surface area contributed by atoms with Crippen LogP contribution in [0.2, 0.25) is 0 Å². The molecule has 2 rings (SSSR count). The lowest BCUT2D eigenvalue weighted by Crippen LogP contribution is -2.33. The molecule has 1 aliphatic rings. The molecule has 1 saturated heterocycles. The lowest BCUT2D eigenvalue weighted by Gasteiger charge is -2.09. The maximum absolute atomic E-state index is 11.6. The molecular formula is C8H8N2O2S. The first-order valence-corrected chi connectivity index (χ1v) is 4.80. The molecule has 0 bridgehead atoms. The Hall–Kier alpha value is -1.36. The summed E-state index contributed by atoms with van der Waals surface area (Å²) in [6.07, 6.45) is 0. The predicted molar refractivity (Wildman–Crippen MR) is 48.8 cm³/mol. The molecule has 1 aliphatic heterocycles. The average Bonchev–Trinajstić information content (AvgIpc) is 2.72. The summed E-state index contributed by atoms with van der Waals surface area (Å²) in [4.78, 5) is 24.5. The van der Waals surface area contributed by atoms with Crippen molar-refractivity contribution in [1.29, 1.82) is 0 Å². The quantitative estimate of drug-likeness (QED) is 0.726. The molecule has 0 aliphatic carbocycles. The summed E-state index contributed by atoms with van der Waals surface area (Å²) >= 11 is 1.35. The van der Waals surface area contributed by atoms with Crippen molar-refractivity contribution in [3.05, 3.63) is 22.4 Å². The molecular weight excluding hydrogens is 188 g/mol. The van der Waals surface area contributed by atoms with Gasteiger partial charge in [-0.05, 0) is 11.4 Å². The van der Waals surface area contributed by atoms with E-state index in [2.05, 4.69) is 5.32 Å². The maximum Gasteiger partial charge on any atom is 0.324 e. The van der Waals surface area contributed by atoms with Crippen LogP contribution in [0.1, 0.15) is 9.67 Å². The predicted octanol–water partition coefficient (Wildman–Crippen LogP) is 0.913. The van der Waals surface area contributed by atoms with Gasteiger partial charge in [0, 0.05) is 13.1 Å². The minimum atomic E-state index is -0.293. The van der Waals surface area contributed by atoms with Crippen molar-refractivity contribution in [1.82, 2.24) is 10.2 Å². The van der Waals surface area contributed by atoms with Gasteiger partial charge in [-0.3, -0.25) is 9.69 Å². The number of amides is 3. The van der Waals surface area contributed by atoms with Crippen LogP contribution in [-0.4, -0.2) is 29.9 Å². The zero-order valence-corrected chi connectivity index (χ0v) is 7.63. The van der Waals surface area contributed by atoms with E-state index in [4.69, 9.17) is 0 Å². The Balaban J connectivity index is 2.18. The van der Waals surface area contributed by atoms with E-state index in [1.54, 1.807) is 12.1 Å². The van der Waals surface area contributed by atoms with Gasteiger partial charge < -0.3 is 5.32 Å². The summed E-state index contributed by atoms with van der Waals surface area (Å²) in [6, 6.07) is 3.23. The van der Waals surface area contributed by atoms with Gasteiger partial charge in [0.2, 0.25) is 0 Å². The lowest BCUT2D eigenvalue weighted by molar-refractivity contribution is 0.0834. The second kappa shape index (κ2) is 3.18. The number of carbonyl (C=O) groups excluding carboxylic acids is 2. The van der Waals surface area contributed by atoms with Crippen LogP contribution in [0.25, 0.3) is 0 Å². The third-order valence-corrected chi connectivity index (χ3v) is 2.69. The van der Waals surface area contributed by atoms with Crippen LogP contribution in [0, 0.1) is 0 Å². The second-order valence-corrected chi connectivity index (χ2v) is 3.61. The Kier molecular flexibility index (Phi) is 2.02. The highest BCUT2D eigenvalue weighted by Crippen LogP contribution is 2.13. The van der Waals surface area contributed by atoms with Crippen LogP contribution in [0.5, 0.6) is 0 Å². The van der Waals surface area contributed by atoms with Crippen LogP contribution < -0.4 is 5.32 Å². The molecule has 68 valence electrons. The van der Waals surface area contributed by atoms with Gasteiger partial charge in [-0.2, -0.15) is 0 Å². The van der Waals surface area contributed by atoms with Crippen LogP contribution in [0.4, 0.5) is 4.79 Å². The summed E-state index contributed by atoms with van der Waals surface area (Å²) in [5.74, 6) is -0.204. The molecule has 1 fully saturated rings. The van der Waals surface area contributed by atoms with E-state index in [0.29, 0.717) is 18.0 Å². The van der Waals surface area contributed by atoms with Crippen LogP contribution in [0.3, 0.4) is 0 Å². The number of imide groups is 1. The molecule has 1 aromatic rings. The Morgan fingerprint density at radius 2 is 2.46 bits per heavy atom. The number of urea groups is 1. The van der Waals surface area contributed by atoms with E-state index >= 15 is 0 Å². The van der Waals surface area contributed by atoms with Gasteiger partial charge in [-0.25, -0.2) is 4.79 Å². The number of nitrogens with one attached hydrogen (secondary N) is 1. The molecule has 0 spiro atoms. The first-order valence-electron chi connectivity index (χ1n) is 3.92. The van der Waals surface area contributed by atoms with Gasteiger partial charge in [-0.15, -0.1) is 11.3 Å². The molecule has 0 radical (unpaired) electrons. The normalized spacial score (nSPS) is 16.0.